The van der Waals surface area contributed by atoms with Crippen LogP contribution in [0.4, 0.5) is 0 Å². The lowest BCUT2D eigenvalue weighted by atomic mass is 9.85. The maximum absolute atomic E-state index is 6.02. The Labute approximate surface area is 112 Å². The predicted octanol–water partition coefficient (Wildman–Crippen LogP) is 3.53. The highest BCUT2D eigenvalue weighted by molar-refractivity contribution is 4.93. The van der Waals surface area contributed by atoms with E-state index in [0.29, 0.717) is 6.10 Å². The largest absolute Gasteiger partial charge is 0.377 e. The number of hydrogen-bond donors (Lipinski definition) is 1. The zero-order valence-electron chi connectivity index (χ0n) is 12.0. The molecule has 0 aromatic rings. The van der Waals surface area contributed by atoms with Gasteiger partial charge in [0, 0.05) is 12.6 Å². The van der Waals surface area contributed by atoms with Crippen molar-refractivity contribution < 1.29 is 4.74 Å². The molecule has 18 heavy (non-hydrogen) atoms. The summed E-state index contributed by atoms with van der Waals surface area (Å²) in [7, 11) is 0. The number of nitrogens with one attached hydrogen (secondary N) is 1. The third-order valence-corrected chi connectivity index (χ3v) is 4.56. The van der Waals surface area contributed by atoms with E-state index in [4.69, 9.17) is 4.74 Å². The first-order valence-corrected chi connectivity index (χ1v) is 7.75. The predicted molar refractivity (Wildman–Crippen MR) is 76.7 cm³/mol. The van der Waals surface area contributed by atoms with Gasteiger partial charge in [0.15, 0.2) is 0 Å². The Morgan fingerprint density at radius 2 is 1.94 bits per heavy atom. The molecule has 1 N–H and O–H groups in total. The van der Waals surface area contributed by atoms with Crippen molar-refractivity contribution in [1.29, 1.82) is 0 Å². The molecule has 0 spiro atoms. The molecule has 2 aliphatic rings. The maximum Gasteiger partial charge on any atom is 0.0671 e. The summed E-state index contributed by atoms with van der Waals surface area (Å²) >= 11 is 0. The summed E-state index contributed by atoms with van der Waals surface area (Å²) in [6, 6.07) is 0.757. The van der Waals surface area contributed by atoms with Crippen LogP contribution in [0.3, 0.4) is 0 Å². The van der Waals surface area contributed by atoms with Gasteiger partial charge in [-0.3, -0.25) is 0 Å². The van der Waals surface area contributed by atoms with Crippen LogP contribution in [0, 0.1) is 11.8 Å². The van der Waals surface area contributed by atoms with Crippen molar-refractivity contribution in [3.63, 3.8) is 0 Å². The smallest absolute Gasteiger partial charge is 0.0671 e. The van der Waals surface area contributed by atoms with Gasteiger partial charge in [-0.1, -0.05) is 31.9 Å². The lowest BCUT2D eigenvalue weighted by Gasteiger charge is -2.27. The third-order valence-electron chi connectivity index (χ3n) is 4.56. The fourth-order valence-corrected chi connectivity index (χ4v) is 3.05. The van der Waals surface area contributed by atoms with Gasteiger partial charge in [0.25, 0.3) is 0 Å². The SMILES string of the molecule is CC(CNC1CCCC1)OCC1CC=CCC1C. The van der Waals surface area contributed by atoms with E-state index in [0.717, 1.165) is 31.0 Å². The second-order valence-corrected chi connectivity index (χ2v) is 6.21. The molecule has 0 bridgehead atoms. The first-order chi connectivity index (χ1) is 8.75. The lowest BCUT2D eigenvalue weighted by molar-refractivity contribution is 0.0257. The van der Waals surface area contributed by atoms with Crippen molar-refractivity contribution in [2.75, 3.05) is 13.2 Å². The summed E-state index contributed by atoms with van der Waals surface area (Å²) in [5, 5.41) is 3.64. The van der Waals surface area contributed by atoms with E-state index < -0.39 is 0 Å². The average Bonchev–Trinajstić information content (AvgIpc) is 2.88. The molecule has 0 saturated heterocycles. The molecule has 104 valence electrons. The molecule has 3 atom stereocenters. The molecule has 0 amide bonds. The van der Waals surface area contributed by atoms with Gasteiger partial charge >= 0.3 is 0 Å². The van der Waals surface area contributed by atoms with Gasteiger partial charge in [0.05, 0.1) is 12.7 Å². The minimum absolute atomic E-state index is 0.351. The highest BCUT2D eigenvalue weighted by Gasteiger charge is 2.20. The maximum atomic E-state index is 6.02. The molecule has 2 nitrogen and oxygen atoms in total. The van der Waals surface area contributed by atoms with Gasteiger partial charge < -0.3 is 10.1 Å². The molecule has 0 aromatic carbocycles. The molecule has 2 aliphatic carbocycles. The van der Waals surface area contributed by atoms with E-state index in [1.165, 1.54) is 38.5 Å². The topological polar surface area (TPSA) is 21.3 Å². The van der Waals surface area contributed by atoms with Crippen LogP contribution in [0.25, 0.3) is 0 Å². The summed E-state index contributed by atoms with van der Waals surface area (Å²) < 4.78 is 6.02. The molecular formula is C16H29NO. The van der Waals surface area contributed by atoms with Crippen molar-refractivity contribution in [3.8, 4) is 0 Å². The summed E-state index contributed by atoms with van der Waals surface area (Å²) in [6.07, 6.45) is 12.9. The summed E-state index contributed by atoms with van der Waals surface area (Å²) in [6.45, 7) is 6.49. The number of hydrogen-bond acceptors (Lipinski definition) is 2. The van der Waals surface area contributed by atoms with E-state index in [2.05, 4.69) is 31.3 Å². The Bertz CT molecular complexity index is 258. The molecule has 1 fully saturated rings. The molecule has 3 unspecified atom stereocenters. The Balaban J connectivity index is 1.58. The Kier molecular flexibility index (Phi) is 5.71. The van der Waals surface area contributed by atoms with Gasteiger partial charge in [0.1, 0.15) is 0 Å². The normalized spacial score (nSPS) is 30.8. The van der Waals surface area contributed by atoms with E-state index >= 15 is 0 Å². The Morgan fingerprint density at radius 1 is 1.22 bits per heavy atom. The van der Waals surface area contributed by atoms with Crippen LogP contribution in [0.2, 0.25) is 0 Å². The first kappa shape index (κ1) is 14.1. The molecule has 0 radical (unpaired) electrons. The van der Waals surface area contributed by atoms with Crippen LogP contribution in [-0.2, 0) is 4.74 Å². The quantitative estimate of drug-likeness (QED) is 0.729. The van der Waals surface area contributed by atoms with Gasteiger partial charge in [-0.25, -0.2) is 0 Å². The standard InChI is InChI=1S/C16H29NO/c1-13-7-3-4-8-15(13)12-18-14(2)11-17-16-9-5-6-10-16/h3-4,13-17H,5-12H2,1-2H3. The Hall–Kier alpha value is -0.340. The van der Waals surface area contributed by atoms with Gasteiger partial charge in [-0.05, 0) is 44.4 Å². The first-order valence-electron chi connectivity index (χ1n) is 7.75. The third kappa shape index (κ3) is 4.40. The monoisotopic (exact) mass is 251 g/mol. The Morgan fingerprint density at radius 3 is 2.67 bits per heavy atom. The van der Waals surface area contributed by atoms with Crippen LogP contribution < -0.4 is 5.32 Å². The van der Waals surface area contributed by atoms with Gasteiger partial charge in [0.2, 0.25) is 0 Å². The van der Waals surface area contributed by atoms with Crippen LogP contribution in [-0.4, -0.2) is 25.3 Å². The highest BCUT2D eigenvalue weighted by atomic mass is 16.5. The minimum atomic E-state index is 0.351. The lowest BCUT2D eigenvalue weighted by Crippen LogP contribution is -2.35. The van der Waals surface area contributed by atoms with E-state index in [1.807, 2.05) is 0 Å². The summed E-state index contributed by atoms with van der Waals surface area (Å²) in [5.41, 5.74) is 0. The zero-order chi connectivity index (χ0) is 12.8. The molecule has 0 aliphatic heterocycles. The number of rotatable bonds is 6. The van der Waals surface area contributed by atoms with Crippen molar-refractivity contribution in [3.05, 3.63) is 12.2 Å². The molecule has 1 saturated carbocycles. The van der Waals surface area contributed by atoms with Crippen molar-refractivity contribution >= 4 is 0 Å². The highest BCUT2D eigenvalue weighted by Crippen LogP contribution is 2.25. The second kappa shape index (κ2) is 7.30. The number of allylic oxidation sites excluding steroid dienone is 2. The molecule has 2 rings (SSSR count). The molecule has 0 heterocycles. The molecule has 2 heteroatoms. The van der Waals surface area contributed by atoms with Crippen LogP contribution in [0.15, 0.2) is 12.2 Å². The van der Waals surface area contributed by atoms with E-state index in [1.54, 1.807) is 0 Å². The summed E-state index contributed by atoms with van der Waals surface area (Å²) in [4.78, 5) is 0. The number of ether oxygens (including phenoxy) is 1. The van der Waals surface area contributed by atoms with E-state index in [-0.39, 0.29) is 0 Å². The molecule has 0 aromatic heterocycles. The van der Waals surface area contributed by atoms with Crippen LogP contribution in [0.1, 0.15) is 52.4 Å². The molecular weight excluding hydrogens is 222 g/mol. The van der Waals surface area contributed by atoms with Gasteiger partial charge in [-0.15, -0.1) is 0 Å². The fourth-order valence-electron chi connectivity index (χ4n) is 3.05. The summed E-state index contributed by atoms with van der Waals surface area (Å²) in [5.74, 6) is 1.51. The average molecular weight is 251 g/mol. The van der Waals surface area contributed by atoms with Crippen molar-refractivity contribution in [2.45, 2.75) is 64.5 Å². The minimum Gasteiger partial charge on any atom is -0.377 e. The fraction of sp³-hybridized carbons (Fsp3) is 0.875. The zero-order valence-corrected chi connectivity index (χ0v) is 12.0. The van der Waals surface area contributed by atoms with Gasteiger partial charge in [-0.2, -0.15) is 0 Å². The van der Waals surface area contributed by atoms with Crippen LogP contribution in [0.5, 0.6) is 0 Å². The second-order valence-electron chi connectivity index (χ2n) is 6.21. The van der Waals surface area contributed by atoms with Crippen molar-refractivity contribution in [2.24, 2.45) is 11.8 Å². The van der Waals surface area contributed by atoms with Crippen molar-refractivity contribution in [1.82, 2.24) is 5.32 Å². The van der Waals surface area contributed by atoms with E-state index in [9.17, 15) is 0 Å². The van der Waals surface area contributed by atoms with Crippen LogP contribution >= 0.6 is 0 Å².